The molecule has 2 fully saturated rings. The number of hydrogen-bond acceptors (Lipinski definition) is 3. The minimum Gasteiger partial charge on any atom is -0.393 e. The molecular formula is C12H22N2O2. The number of piperidine rings is 1. The minimum atomic E-state index is -0.152. The lowest BCUT2D eigenvalue weighted by Crippen LogP contribution is -2.50. The van der Waals surface area contributed by atoms with E-state index in [2.05, 4.69) is 10.6 Å². The highest BCUT2D eigenvalue weighted by Gasteiger charge is 2.25. The summed E-state index contributed by atoms with van der Waals surface area (Å²) in [5, 5.41) is 15.7. The molecule has 4 heteroatoms. The topological polar surface area (TPSA) is 61.4 Å². The Balaban J connectivity index is 1.73. The third-order valence-corrected chi connectivity index (χ3v) is 3.67. The number of carbonyl (C=O) groups excluding carboxylic acids is 1. The van der Waals surface area contributed by atoms with Crippen LogP contribution in [0.25, 0.3) is 0 Å². The molecule has 0 aromatic heterocycles. The molecule has 2 aliphatic rings. The summed E-state index contributed by atoms with van der Waals surface area (Å²) in [4.78, 5) is 11.9. The third-order valence-electron chi connectivity index (χ3n) is 3.67. The van der Waals surface area contributed by atoms with Crippen LogP contribution >= 0.6 is 0 Å². The number of hydrogen-bond donors (Lipinski definition) is 3. The van der Waals surface area contributed by atoms with E-state index in [-0.39, 0.29) is 24.1 Å². The predicted octanol–water partition coefficient (Wildman–Crippen LogP) is 0.548. The van der Waals surface area contributed by atoms with Crippen molar-refractivity contribution < 1.29 is 9.90 Å². The van der Waals surface area contributed by atoms with Gasteiger partial charge in [-0.05, 0) is 45.1 Å². The fraction of sp³-hybridized carbons (Fsp3) is 0.917. The zero-order valence-corrected chi connectivity index (χ0v) is 9.74. The number of aliphatic hydroxyl groups is 1. The van der Waals surface area contributed by atoms with Crippen LogP contribution in [0.2, 0.25) is 0 Å². The molecule has 1 atom stereocenters. The van der Waals surface area contributed by atoms with Crippen LogP contribution in [0.5, 0.6) is 0 Å². The zero-order valence-electron chi connectivity index (χ0n) is 9.74. The van der Waals surface area contributed by atoms with Gasteiger partial charge in [-0.15, -0.1) is 0 Å². The van der Waals surface area contributed by atoms with Crippen molar-refractivity contribution in [3.63, 3.8) is 0 Å². The fourth-order valence-electron chi connectivity index (χ4n) is 2.60. The van der Waals surface area contributed by atoms with Crippen LogP contribution in [0.15, 0.2) is 0 Å². The van der Waals surface area contributed by atoms with Gasteiger partial charge in [-0.2, -0.15) is 0 Å². The predicted molar refractivity (Wildman–Crippen MR) is 62.0 cm³/mol. The highest BCUT2D eigenvalue weighted by Crippen LogP contribution is 2.18. The van der Waals surface area contributed by atoms with Gasteiger partial charge in [-0.1, -0.05) is 6.42 Å². The second-order valence-electron chi connectivity index (χ2n) is 5.02. The van der Waals surface area contributed by atoms with Gasteiger partial charge in [-0.25, -0.2) is 0 Å². The van der Waals surface area contributed by atoms with E-state index in [1.54, 1.807) is 0 Å². The van der Waals surface area contributed by atoms with E-state index < -0.39 is 0 Å². The lowest BCUT2D eigenvalue weighted by molar-refractivity contribution is -0.124. The molecule has 0 unspecified atom stereocenters. The van der Waals surface area contributed by atoms with Crippen molar-refractivity contribution in [2.24, 2.45) is 0 Å². The van der Waals surface area contributed by atoms with Crippen molar-refractivity contribution in [2.45, 2.75) is 63.1 Å². The van der Waals surface area contributed by atoms with Gasteiger partial charge in [0, 0.05) is 6.04 Å². The lowest BCUT2D eigenvalue weighted by atomic mass is 9.92. The molecule has 1 saturated heterocycles. The Labute approximate surface area is 96.8 Å². The summed E-state index contributed by atoms with van der Waals surface area (Å²) >= 11 is 0. The summed E-state index contributed by atoms with van der Waals surface area (Å²) in [6.07, 6.45) is 6.61. The SMILES string of the molecule is O=C(NC1CCC(O)CC1)[C@H]1CCCCN1. The fourth-order valence-corrected chi connectivity index (χ4v) is 2.60. The normalized spacial score (nSPS) is 35.7. The van der Waals surface area contributed by atoms with Crippen molar-refractivity contribution in [3.8, 4) is 0 Å². The molecule has 16 heavy (non-hydrogen) atoms. The molecule has 2 rings (SSSR count). The van der Waals surface area contributed by atoms with E-state index in [1.807, 2.05) is 0 Å². The lowest BCUT2D eigenvalue weighted by Gasteiger charge is -2.29. The quantitative estimate of drug-likeness (QED) is 0.644. The Morgan fingerprint density at radius 1 is 1.12 bits per heavy atom. The van der Waals surface area contributed by atoms with Crippen LogP contribution in [0.4, 0.5) is 0 Å². The van der Waals surface area contributed by atoms with E-state index in [0.29, 0.717) is 0 Å². The van der Waals surface area contributed by atoms with Crippen LogP contribution in [-0.2, 0) is 4.79 Å². The maximum absolute atomic E-state index is 11.9. The molecule has 0 radical (unpaired) electrons. The van der Waals surface area contributed by atoms with Gasteiger partial charge in [-0.3, -0.25) is 4.79 Å². The Morgan fingerprint density at radius 2 is 1.88 bits per heavy atom. The van der Waals surface area contributed by atoms with Crippen LogP contribution in [0.3, 0.4) is 0 Å². The summed E-state index contributed by atoms with van der Waals surface area (Å²) in [6, 6.07) is 0.292. The average Bonchev–Trinajstić information content (AvgIpc) is 2.33. The van der Waals surface area contributed by atoms with Crippen molar-refractivity contribution in [1.82, 2.24) is 10.6 Å². The Kier molecular flexibility index (Phi) is 4.18. The molecule has 1 saturated carbocycles. The molecule has 0 spiro atoms. The molecule has 1 heterocycles. The standard InChI is InChI=1S/C12H22N2O2/c15-10-6-4-9(5-7-10)14-12(16)11-3-1-2-8-13-11/h9-11,13,15H,1-8H2,(H,14,16)/t9?,10?,11-/m1/s1. The zero-order chi connectivity index (χ0) is 11.4. The first-order chi connectivity index (χ1) is 7.75. The summed E-state index contributed by atoms with van der Waals surface area (Å²) < 4.78 is 0. The van der Waals surface area contributed by atoms with Gasteiger partial charge in [0.1, 0.15) is 0 Å². The number of nitrogens with one attached hydrogen (secondary N) is 2. The van der Waals surface area contributed by atoms with Gasteiger partial charge in [0.2, 0.25) is 5.91 Å². The first-order valence-corrected chi connectivity index (χ1v) is 6.47. The minimum absolute atomic E-state index is 0.0144. The highest BCUT2D eigenvalue weighted by molar-refractivity contribution is 5.82. The third kappa shape index (κ3) is 3.19. The maximum Gasteiger partial charge on any atom is 0.237 e. The van der Waals surface area contributed by atoms with Crippen molar-refractivity contribution in [1.29, 1.82) is 0 Å². The van der Waals surface area contributed by atoms with Crippen LogP contribution in [0.1, 0.15) is 44.9 Å². The number of carbonyl (C=O) groups is 1. The first kappa shape index (κ1) is 11.9. The number of amides is 1. The molecular weight excluding hydrogens is 204 g/mol. The summed E-state index contributed by atoms with van der Waals surface area (Å²) in [5.74, 6) is 0.154. The molecule has 3 N–H and O–H groups in total. The van der Waals surface area contributed by atoms with Gasteiger partial charge in [0.25, 0.3) is 0 Å². The molecule has 1 aliphatic carbocycles. The van der Waals surface area contributed by atoms with Crippen LogP contribution in [-0.4, -0.2) is 35.7 Å². The summed E-state index contributed by atoms with van der Waals surface area (Å²) in [6.45, 7) is 0.960. The molecule has 4 nitrogen and oxygen atoms in total. The van der Waals surface area contributed by atoms with E-state index in [0.717, 1.165) is 45.1 Å². The summed E-state index contributed by atoms with van der Waals surface area (Å²) in [7, 11) is 0. The van der Waals surface area contributed by atoms with Crippen molar-refractivity contribution in [2.75, 3.05) is 6.54 Å². The van der Waals surface area contributed by atoms with E-state index >= 15 is 0 Å². The highest BCUT2D eigenvalue weighted by atomic mass is 16.3. The van der Waals surface area contributed by atoms with Gasteiger partial charge in [0.05, 0.1) is 12.1 Å². The Bertz CT molecular complexity index is 231. The monoisotopic (exact) mass is 226 g/mol. The van der Waals surface area contributed by atoms with Crippen LogP contribution < -0.4 is 10.6 Å². The molecule has 0 aromatic carbocycles. The van der Waals surface area contributed by atoms with E-state index in [1.165, 1.54) is 6.42 Å². The maximum atomic E-state index is 11.9. The Morgan fingerprint density at radius 3 is 2.50 bits per heavy atom. The second-order valence-corrected chi connectivity index (χ2v) is 5.02. The number of rotatable bonds is 2. The summed E-state index contributed by atoms with van der Waals surface area (Å²) in [5.41, 5.74) is 0. The van der Waals surface area contributed by atoms with Crippen molar-refractivity contribution in [3.05, 3.63) is 0 Å². The second kappa shape index (κ2) is 5.64. The van der Waals surface area contributed by atoms with Gasteiger partial charge < -0.3 is 15.7 Å². The van der Waals surface area contributed by atoms with Crippen LogP contribution in [0, 0.1) is 0 Å². The first-order valence-electron chi connectivity index (χ1n) is 6.47. The molecule has 1 aliphatic heterocycles. The molecule has 0 bridgehead atoms. The molecule has 1 amide bonds. The molecule has 92 valence electrons. The smallest absolute Gasteiger partial charge is 0.237 e. The van der Waals surface area contributed by atoms with Gasteiger partial charge in [0.15, 0.2) is 0 Å². The average molecular weight is 226 g/mol. The largest absolute Gasteiger partial charge is 0.393 e. The van der Waals surface area contributed by atoms with Crippen molar-refractivity contribution >= 4 is 5.91 Å². The molecule has 0 aromatic rings. The van der Waals surface area contributed by atoms with E-state index in [9.17, 15) is 9.90 Å². The van der Waals surface area contributed by atoms with E-state index in [4.69, 9.17) is 0 Å². The Hall–Kier alpha value is -0.610. The number of aliphatic hydroxyl groups excluding tert-OH is 1. The van der Waals surface area contributed by atoms with Gasteiger partial charge >= 0.3 is 0 Å².